The van der Waals surface area contributed by atoms with E-state index in [9.17, 15) is 28.8 Å². The zero-order valence-electron chi connectivity index (χ0n) is 36.0. The Morgan fingerprint density at radius 3 is 2.55 bits per heavy atom. The Hall–Kier alpha value is -5.85. The third-order valence-electron chi connectivity index (χ3n) is 12.2. The second kappa shape index (κ2) is 18.3. The number of phosphoric ester groups is 2. The van der Waals surface area contributed by atoms with Crippen LogP contribution in [0, 0.1) is 41.6 Å². The first-order valence-electron chi connectivity index (χ1n) is 21.2. The highest BCUT2D eigenvalue weighted by atomic mass is 31.2. The molecule has 2 saturated carbocycles. The number of halogens is 1. The van der Waals surface area contributed by atoms with Crippen LogP contribution in [0.5, 0.6) is 0 Å². The molecule has 352 valence electrons. The number of ether oxygens (including phenoxy) is 1. The topological polar surface area (TPSA) is 292 Å². The number of amides is 2. The number of carbonyl (C=O) groups excluding carboxylic acids is 2. The second-order valence-electron chi connectivity index (χ2n) is 16.6. The predicted molar refractivity (Wildman–Crippen MR) is 229 cm³/mol. The number of aromatic nitrogens is 8. The van der Waals surface area contributed by atoms with Gasteiger partial charge in [-0.05, 0) is 36.3 Å². The molecule has 4 aliphatic rings. The van der Waals surface area contributed by atoms with Crippen LogP contribution < -0.4 is 16.2 Å². The molecule has 1 aromatic carbocycles. The lowest BCUT2D eigenvalue weighted by Crippen LogP contribution is -2.37. The van der Waals surface area contributed by atoms with Gasteiger partial charge in [0.25, 0.3) is 11.5 Å². The highest BCUT2D eigenvalue weighted by Crippen LogP contribution is 2.71. The maximum atomic E-state index is 17.1. The van der Waals surface area contributed by atoms with E-state index >= 15 is 4.39 Å². The van der Waals surface area contributed by atoms with E-state index < -0.39 is 113 Å². The van der Waals surface area contributed by atoms with Gasteiger partial charge in [0.2, 0.25) is 18.4 Å². The van der Waals surface area contributed by atoms with E-state index in [1.54, 1.807) is 55.7 Å². The van der Waals surface area contributed by atoms with Crippen LogP contribution >= 0.6 is 15.6 Å². The molecule has 24 nitrogen and oxygen atoms in total. The maximum Gasteiger partial charge on any atom is 0.475 e. The number of nitrogens with zero attached hydrogens (tertiary/aromatic N) is 9. The summed E-state index contributed by atoms with van der Waals surface area (Å²) in [5.74, 6) is -3.10. The van der Waals surface area contributed by atoms with Crippen molar-refractivity contribution in [1.29, 1.82) is 5.26 Å². The number of fused-ring (bicyclic) bond motifs is 8. The van der Waals surface area contributed by atoms with E-state index in [2.05, 4.69) is 45.4 Å². The molecule has 4 fully saturated rings. The number of imidazole rings is 2. The van der Waals surface area contributed by atoms with Crippen molar-refractivity contribution in [2.24, 2.45) is 23.7 Å². The lowest BCUT2D eigenvalue weighted by atomic mass is 9.92. The van der Waals surface area contributed by atoms with Crippen LogP contribution in [-0.4, -0.2) is 108 Å². The van der Waals surface area contributed by atoms with Gasteiger partial charge in [-0.3, -0.25) is 56.4 Å². The van der Waals surface area contributed by atoms with Crippen molar-refractivity contribution in [3.63, 3.8) is 0 Å². The molecule has 9 rings (SSSR count). The first-order valence-corrected chi connectivity index (χ1v) is 24.1. The van der Waals surface area contributed by atoms with Crippen molar-refractivity contribution in [3.8, 4) is 6.07 Å². The van der Waals surface area contributed by atoms with Gasteiger partial charge in [0.05, 0.1) is 56.6 Å². The molecule has 27 heteroatoms. The normalized spacial score (nSPS) is 31.4. The number of nitriles is 1. The number of H-pyrrole nitrogens is 1. The number of hydrogen-bond donors (Lipinski definition) is 3. The SMILES string of the molecule is [C-]#[N+]CCOP1(=O)OC[C@@H]2[C@@H](C)[C@@H](OP(=O)(OCCC#N)OC[C@H]3O[C@@H](n4cnc5c(NC(=O)c6ccccc6)ncnc54)[C@H](F)[C@@H]3O1)[C@]1(n3cnc4c(=O)[nH]c(NC(=O)C(C)C)nc43)C[C@@H]21. The minimum atomic E-state index is -4.81. The molecule has 2 unspecified atom stereocenters. The number of benzene rings is 1. The summed E-state index contributed by atoms with van der Waals surface area (Å²) in [5.41, 5.74) is -1.38. The van der Waals surface area contributed by atoms with Crippen molar-refractivity contribution in [2.75, 3.05) is 43.6 Å². The van der Waals surface area contributed by atoms with Gasteiger partial charge in [-0.25, -0.2) is 40.0 Å². The van der Waals surface area contributed by atoms with Gasteiger partial charge in [-0.2, -0.15) is 10.2 Å². The van der Waals surface area contributed by atoms with Crippen LogP contribution in [0.25, 0.3) is 27.2 Å². The zero-order valence-corrected chi connectivity index (χ0v) is 37.7. The molecular weight excluding hydrogens is 921 g/mol. The van der Waals surface area contributed by atoms with Crippen molar-refractivity contribution < 1.29 is 55.0 Å². The fourth-order valence-corrected chi connectivity index (χ4v) is 11.8. The number of rotatable bonds is 12. The quantitative estimate of drug-likeness (QED) is 0.0849. The van der Waals surface area contributed by atoms with Crippen LogP contribution in [0.15, 0.2) is 54.1 Å². The van der Waals surface area contributed by atoms with E-state index in [4.69, 9.17) is 38.5 Å². The molecule has 2 aliphatic carbocycles. The molecule has 6 heterocycles. The van der Waals surface area contributed by atoms with Crippen LogP contribution in [0.1, 0.15) is 50.2 Å². The molecule has 2 bridgehead atoms. The van der Waals surface area contributed by atoms with Crippen molar-refractivity contribution in [2.45, 2.75) is 69.9 Å². The molecule has 5 aromatic rings. The Balaban J connectivity index is 1.07. The highest BCUT2D eigenvalue weighted by molar-refractivity contribution is 7.48. The number of phosphoric acid groups is 2. The average Bonchev–Trinajstić information content (AvgIpc) is 3.56. The fourth-order valence-electron chi connectivity index (χ4n) is 8.90. The highest BCUT2D eigenvalue weighted by Gasteiger charge is 2.74. The number of carbonyl (C=O) groups is 2. The number of hydrogen-bond acceptors (Lipinski definition) is 18. The first-order chi connectivity index (χ1) is 32.2. The molecule has 0 radical (unpaired) electrons. The summed E-state index contributed by atoms with van der Waals surface area (Å²) < 4.78 is 91.7. The number of anilines is 2. The Morgan fingerprint density at radius 2 is 1.79 bits per heavy atom. The summed E-state index contributed by atoms with van der Waals surface area (Å²) >= 11 is 0. The molecule has 11 atom stereocenters. The van der Waals surface area contributed by atoms with E-state index in [-0.39, 0.29) is 53.7 Å². The second-order valence-corrected chi connectivity index (χ2v) is 19.8. The maximum absolute atomic E-state index is 17.1. The first kappa shape index (κ1) is 46.3. The van der Waals surface area contributed by atoms with Crippen molar-refractivity contribution >= 4 is 61.6 Å². The lowest BCUT2D eigenvalue weighted by molar-refractivity contribution is -0.118. The molecule has 2 amide bonds. The zero-order chi connectivity index (χ0) is 47.3. The molecule has 67 heavy (non-hydrogen) atoms. The Labute approximate surface area is 379 Å². The van der Waals surface area contributed by atoms with Crippen LogP contribution in [0.2, 0.25) is 0 Å². The van der Waals surface area contributed by atoms with Gasteiger partial charge in [-0.15, -0.1) is 0 Å². The number of aromatic amines is 1. The largest absolute Gasteiger partial charge is 0.475 e. The van der Waals surface area contributed by atoms with E-state index in [1.807, 2.05) is 6.07 Å². The minimum Gasteiger partial charge on any atom is -0.346 e. The summed E-state index contributed by atoms with van der Waals surface area (Å²) in [6, 6.07) is 10.2. The summed E-state index contributed by atoms with van der Waals surface area (Å²) in [7, 11) is -9.60. The summed E-state index contributed by atoms with van der Waals surface area (Å²) in [6.07, 6.45) is -4.52. The monoisotopic (exact) mass is 964 g/mol. The van der Waals surface area contributed by atoms with Crippen LogP contribution in [0.3, 0.4) is 0 Å². The fraction of sp³-hybridized carbons (Fsp3) is 0.500. The third-order valence-corrected chi connectivity index (χ3v) is 15.1. The standard InChI is InChI=1S/C40H43FN12O12P2/c1-21(2)35(54)50-39-49-34-29(37(56)51-39)47-20-53(34)40-15-25(40)24-16-61-66(57,60-14-12-43-4)64-30-26(17-62-67(58,59-13-8-11-42)65-31(40)22(24)3)63-38(27(30)41)52-19-46-28-32(44-18-45-33(28)52)48-36(55)23-9-6-5-7-10-23/h5-7,9-10,18-22,24-27,30-31,38H,8,12-17H2,1-3H3,(H,44,45,48,55)(H2,49,50,51,54,56)/t22-,24-,25+,26-,27-,30-,31-,38-,40+,66?,67?/m1/s1. The van der Waals surface area contributed by atoms with Gasteiger partial charge in [-0.1, -0.05) is 39.0 Å². The molecule has 3 N–H and O–H groups in total. The molecule has 2 saturated heterocycles. The Kier molecular flexibility index (Phi) is 12.7. The molecule has 2 aliphatic heterocycles. The summed E-state index contributed by atoms with van der Waals surface area (Å²) in [4.78, 5) is 66.4. The predicted octanol–water partition coefficient (Wildman–Crippen LogP) is 4.92. The molecular formula is C40H43FN12O12P2. The van der Waals surface area contributed by atoms with E-state index in [0.717, 1.165) is 6.33 Å². The van der Waals surface area contributed by atoms with Crippen molar-refractivity contribution in [3.05, 3.63) is 76.6 Å². The summed E-state index contributed by atoms with van der Waals surface area (Å²) in [5, 5.41) is 14.7. The smallest absolute Gasteiger partial charge is 0.346 e. The minimum absolute atomic E-state index is 0.0103. The number of alkyl halides is 1. The van der Waals surface area contributed by atoms with Gasteiger partial charge < -0.3 is 19.5 Å². The average molecular weight is 965 g/mol. The molecule has 0 spiro atoms. The van der Waals surface area contributed by atoms with Gasteiger partial charge in [0, 0.05) is 11.5 Å². The van der Waals surface area contributed by atoms with Crippen LogP contribution in [-0.2, 0) is 51.3 Å². The Bertz CT molecular complexity index is 2960. The molecule has 4 aromatic heterocycles. The third kappa shape index (κ3) is 8.67. The number of nitrogens with one attached hydrogen (secondary N) is 3. The summed E-state index contributed by atoms with van der Waals surface area (Å²) in [6.45, 7) is 10.2. The van der Waals surface area contributed by atoms with Gasteiger partial charge >= 0.3 is 15.6 Å². The van der Waals surface area contributed by atoms with E-state index in [1.165, 1.54) is 17.2 Å². The Morgan fingerprint density at radius 1 is 1.04 bits per heavy atom. The van der Waals surface area contributed by atoms with Crippen molar-refractivity contribution in [1.82, 2.24) is 39.0 Å². The van der Waals surface area contributed by atoms with E-state index in [0.29, 0.717) is 12.0 Å². The van der Waals surface area contributed by atoms with Crippen LogP contribution in [0.4, 0.5) is 16.2 Å². The van der Waals surface area contributed by atoms with Gasteiger partial charge in [0.1, 0.15) is 25.1 Å². The lowest BCUT2D eigenvalue weighted by Gasteiger charge is -2.32. The van der Waals surface area contributed by atoms with Gasteiger partial charge in [0.15, 0.2) is 40.5 Å².